The molecule has 3 aromatic carbocycles. The molecule has 0 aliphatic carbocycles. The summed E-state index contributed by atoms with van der Waals surface area (Å²) < 4.78 is 12.0. The molecule has 9 nitrogen and oxygen atoms in total. The summed E-state index contributed by atoms with van der Waals surface area (Å²) in [5, 5.41) is 7.88. The van der Waals surface area contributed by atoms with E-state index in [1.54, 1.807) is 10.6 Å². The molecule has 50 heavy (non-hydrogen) atoms. The molecule has 4 heterocycles. The Morgan fingerprint density at radius 3 is 2.38 bits per heavy atom. The van der Waals surface area contributed by atoms with Crippen LogP contribution in [-0.4, -0.2) is 43.9 Å². The summed E-state index contributed by atoms with van der Waals surface area (Å²) >= 11 is 13.5. The maximum Gasteiger partial charge on any atom is 0.275 e. The van der Waals surface area contributed by atoms with Crippen LogP contribution in [0.2, 0.25) is 10.0 Å². The lowest BCUT2D eigenvalue weighted by Crippen LogP contribution is -2.43. The van der Waals surface area contributed by atoms with E-state index in [0.29, 0.717) is 42.4 Å². The van der Waals surface area contributed by atoms with Gasteiger partial charge < -0.3 is 24.5 Å². The van der Waals surface area contributed by atoms with Gasteiger partial charge in [0.25, 0.3) is 11.8 Å². The average molecular weight is 712 g/mol. The Morgan fingerprint density at radius 1 is 1.00 bits per heavy atom. The van der Waals surface area contributed by atoms with Crippen molar-refractivity contribution < 1.29 is 14.3 Å². The van der Waals surface area contributed by atoms with Gasteiger partial charge in [-0.25, -0.2) is 0 Å². The van der Waals surface area contributed by atoms with Crippen molar-refractivity contribution in [2.75, 3.05) is 18.1 Å². The molecule has 2 amide bonds. The fourth-order valence-corrected chi connectivity index (χ4v) is 8.14. The van der Waals surface area contributed by atoms with E-state index in [1.165, 1.54) is 0 Å². The Hall–Kier alpha value is -4.73. The van der Waals surface area contributed by atoms with Crippen LogP contribution in [0.25, 0.3) is 32.9 Å². The van der Waals surface area contributed by atoms with Crippen molar-refractivity contribution in [2.45, 2.75) is 53.5 Å². The van der Waals surface area contributed by atoms with Crippen molar-refractivity contribution in [2.24, 2.45) is 19.8 Å². The van der Waals surface area contributed by atoms with Gasteiger partial charge in [-0.05, 0) is 94.5 Å². The van der Waals surface area contributed by atoms with Gasteiger partial charge in [-0.15, -0.1) is 0 Å². The van der Waals surface area contributed by atoms with Crippen molar-refractivity contribution in [3.63, 3.8) is 0 Å². The van der Waals surface area contributed by atoms with Gasteiger partial charge in [-0.2, -0.15) is 5.10 Å². The topological polar surface area (TPSA) is 100 Å². The van der Waals surface area contributed by atoms with E-state index in [0.717, 1.165) is 77.5 Å². The van der Waals surface area contributed by atoms with Crippen molar-refractivity contribution >= 4 is 62.5 Å². The molecule has 1 aliphatic rings. The molecular weight excluding hydrogens is 671 g/mol. The van der Waals surface area contributed by atoms with Crippen LogP contribution < -0.4 is 15.4 Å². The van der Waals surface area contributed by atoms with E-state index in [4.69, 9.17) is 38.8 Å². The maximum atomic E-state index is 15.0. The van der Waals surface area contributed by atoms with Crippen LogP contribution in [0, 0.1) is 27.7 Å². The maximum absolute atomic E-state index is 15.0. The zero-order valence-corrected chi connectivity index (χ0v) is 30.8. The highest BCUT2D eigenvalue weighted by atomic mass is 35.5. The van der Waals surface area contributed by atoms with Crippen molar-refractivity contribution in [1.29, 1.82) is 0 Å². The van der Waals surface area contributed by atoms with Gasteiger partial charge in [-0.1, -0.05) is 41.4 Å². The van der Waals surface area contributed by atoms with Gasteiger partial charge in [0.1, 0.15) is 17.1 Å². The number of para-hydroxylation sites is 1. The monoisotopic (exact) mass is 710 g/mol. The van der Waals surface area contributed by atoms with Gasteiger partial charge in [0.15, 0.2) is 0 Å². The van der Waals surface area contributed by atoms with Gasteiger partial charge in [-0.3, -0.25) is 14.3 Å². The van der Waals surface area contributed by atoms with E-state index < -0.39 is 5.91 Å². The molecule has 2 N–H and O–H groups in total. The van der Waals surface area contributed by atoms with Crippen LogP contribution in [0.3, 0.4) is 0 Å². The van der Waals surface area contributed by atoms with E-state index in [1.807, 2.05) is 93.8 Å². The second kappa shape index (κ2) is 12.5. The summed E-state index contributed by atoms with van der Waals surface area (Å²) in [5.74, 6) is 0.133. The van der Waals surface area contributed by atoms with Crippen molar-refractivity contribution in [1.82, 2.24) is 18.9 Å². The quantitative estimate of drug-likeness (QED) is 0.160. The molecule has 0 radical (unpaired) electrons. The Bertz CT molecular complexity index is 2360. The number of fused-ring (bicyclic) bond motifs is 4. The predicted molar refractivity (Wildman–Crippen MR) is 201 cm³/mol. The number of hydrogen-bond acceptors (Lipinski definition) is 4. The number of hydrogen-bond donors (Lipinski definition) is 1. The molecular formula is C39H40Cl2N6O3. The molecule has 3 aromatic heterocycles. The number of aryl methyl sites for hydroxylation is 6. The minimum absolute atomic E-state index is 0.115. The summed E-state index contributed by atoms with van der Waals surface area (Å²) in [4.78, 5) is 29.1. The normalized spacial score (nSPS) is 14.6. The van der Waals surface area contributed by atoms with Gasteiger partial charge in [0.05, 0.1) is 34.0 Å². The lowest BCUT2D eigenvalue weighted by atomic mass is 9.98. The zero-order valence-electron chi connectivity index (χ0n) is 29.3. The Balaban J connectivity index is 1.38. The predicted octanol–water partition coefficient (Wildman–Crippen LogP) is 8.41. The van der Waals surface area contributed by atoms with Crippen molar-refractivity contribution in [3.05, 3.63) is 98.0 Å². The first-order valence-electron chi connectivity index (χ1n) is 16.8. The third-order valence-electron chi connectivity index (χ3n) is 10.1. The molecule has 1 atom stereocenters. The van der Waals surface area contributed by atoms with Gasteiger partial charge >= 0.3 is 0 Å². The molecule has 7 rings (SSSR count). The molecule has 1 unspecified atom stereocenters. The smallest absolute Gasteiger partial charge is 0.275 e. The third-order valence-corrected chi connectivity index (χ3v) is 11.1. The highest BCUT2D eigenvalue weighted by Crippen LogP contribution is 2.45. The summed E-state index contributed by atoms with van der Waals surface area (Å²) in [7, 11) is 3.74. The highest BCUT2D eigenvalue weighted by molar-refractivity contribution is 6.35. The number of ether oxygens (including phenoxy) is 1. The van der Waals surface area contributed by atoms with Gasteiger partial charge in [0.2, 0.25) is 0 Å². The number of aromatic nitrogens is 4. The standard InChI is InChI=1S/C39H40Cl2N6O3/c1-20-16-26(17-21(2)34(20)41)50-15-9-11-27-28-13-14-29(40)33(32-23(4)43-45(7)24(32)5)36(28)47-22(3)19-46(39(49)37(27)47)30-12-8-10-25-18-31(38(42)48)44(6)35(25)30/h8,10,12-14,16-18,22H,9,11,15,19H2,1-7H3,(H2,42,48). The number of anilines is 1. The van der Waals surface area contributed by atoms with Crippen LogP contribution in [0.1, 0.15) is 68.4 Å². The third kappa shape index (κ3) is 5.26. The number of carbonyl (C=O) groups excluding carboxylic acids is 2. The largest absolute Gasteiger partial charge is 0.494 e. The Morgan fingerprint density at radius 2 is 1.72 bits per heavy atom. The second-order valence-electron chi connectivity index (χ2n) is 13.4. The zero-order chi connectivity index (χ0) is 35.8. The number of halogens is 2. The number of rotatable bonds is 8. The van der Waals surface area contributed by atoms with E-state index in [2.05, 4.69) is 11.5 Å². The fourth-order valence-electron chi connectivity index (χ4n) is 7.79. The lowest BCUT2D eigenvalue weighted by molar-refractivity contribution is 0.0956. The molecule has 11 heteroatoms. The first-order valence-corrected chi connectivity index (χ1v) is 17.5. The van der Waals surface area contributed by atoms with E-state index in [9.17, 15) is 9.59 Å². The summed E-state index contributed by atoms with van der Waals surface area (Å²) in [6, 6.07) is 15.3. The Kier molecular flexibility index (Phi) is 8.47. The fraction of sp³-hybridized carbons (Fsp3) is 0.308. The lowest BCUT2D eigenvalue weighted by Gasteiger charge is -2.35. The summed E-state index contributed by atoms with van der Waals surface area (Å²) in [6.45, 7) is 11.0. The van der Waals surface area contributed by atoms with Crippen LogP contribution in [0.4, 0.5) is 5.69 Å². The van der Waals surface area contributed by atoms with Crippen molar-refractivity contribution in [3.8, 4) is 16.9 Å². The summed E-state index contributed by atoms with van der Waals surface area (Å²) in [5.41, 5.74) is 15.8. The Labute approximate surface area is 301 Å². The first-order chi connectivity index (χ1) is 23.8. The highest BCUT2D eigenvalue weighted by Gasteiger charge is 2.37. The van der Waals surface area contributed by atoms with E-state index in [-0.39, 0.29) is 11.9 Å². The van der Waals surface area contributed by atoms with Crippen LogP contribution in [-0.2, 0) is 20.5 Å². The minimum atomic E-state index is -0.521. The molecule has 1 aliphatic heterocycles. The molecule has 6 aromatic rings. The summed E-state index contributed by atoms with van der Waals surface area (Å²) in [6.07, 6.45) is 1.27. The molecule has 0 fully saturated rings. The molecule has 0 bridgehead atoms. The van der Waals surface area contributed by atoms with Crippen LogP contribution >= 0.6 is 23.2 Å². The number of primary amides is 1. The number of amides is 2. The average Bonchev–Trinajstić information content (AvgIpc) is 3.68. The first kappa shape index (κ1) is 33.8. The number of nitrogens with two attached hydrogens (primary N) is 1. The number of nitrogens with zero attached hydrogens (tertiary/aromatic N) is 5. The van der Waals surface area contributed by atoms with Gasteiger partial charge in [0, 0.05) is 59.3 Å². The SMILES string of the molecule is Cc1cc(OCCCc2c3n(c4c(-c5c(C)nn(C)c5C)c(Cl)ccc24)C(C)CN(c2cccc4cc(C(N)=O)n(C)c24)C3=O)cc(C)c1Cl. The minimum Gasteiger partial charge on any atom is -0.494 e. The molecule has 258 valence electrons. The number of carbonyl (C=O) groups is 2. The van der Waals surface area contributed by atoms with E-state index >= 15 is 0 Å². The van der Waals surface area contributed by atoms with Crippen LogP contribution in [0.15, 0.2) is 48.5 Å². The number of benzene rings is 3. The second-order valence-corrected chi connectivity index (χ2v) is 14.2. The molecule has 0 saturated carbocycles. The molecule has 0 saturated heterocycles. The van der Waals surface area contributed by atoms with Crippen LogP contribution in [0.5, 0.6) is 5.75 Å². The molecule has 0 spiro atoms.